The van der Waals surface area contributed by atoms with Gasteiger partial charge >= 0.3 is 0 Å². The molecule has 0 saturated carbocycles. The maximum absolute atomic E-state index is 7.07. The van der Waals surface area contributed by atoms with Crippen molar-refractivity contribution in [3.63, 3.8) is 0 Å². The molecule has 0 radical (unpaired) electrons. The van der Waals surface area contributed by atoms with Crippen LogP contribution in [0.5, 0.6) is 0 Å². The van der Waals surface area contributed by atoms with Crippen molar-refractivity contribution in [1.82, 2.24) is 0 Å². The number of hydrogen-bond donors (Lipinski definition) is 0. The normalized spacial score (nSPS) is 11.8. The Labute approximate surface area is 364 Å². The minimum absolute atomic E-state index is 0.862. The van der Waals surface area contributed by atoms with Crippen LogP contribution in [-0.4, -0.2) is 8.07 Å². The summed E-state index contributed by atoms with van der Waals surface area (Å²) in [4.78, 5) is 2.40. The summed E-state index contributed by atoms with van der Waals surface area (Å²) in [6.45, 7) is 6.53. The van der Waals surface area contributed by atoms with Gasteiger partial charge in [0.25, 0.3) is 0 Å². The molecule has 0 amide bonds. The maximum atomic E-state index is 7.07. The number of fused-ring (bicyclic) bond motifs is 6. The summed E-state index contributed by atoms with van der Waals surface area (Å²) in [7, 11) is -2.89. The second-order valence-electron chi connectivity index (χ2n) is 16.7. The summed E-state index contributed by atoms with van der Waals surface area (Å²) in [6.07, 6.45) is 0. The number of rotatable bonds is 8. The zero-order valence-electron chi connectivity index (χ0n) is 35.1. The van der Waals surface area contributed by atoms with E-state index >= 15 is 0 Å². The van der Waals surface area contributed by atoms with Crippen molar-refractivity contribution in [2.45, 2.75) is 20.8 Å². The van der Waals surface area contributed by atoms with Crippen molar-refractivity contribution < 1.29 is 4.42 Å². The molecule has 1 aromatic heterocycles. The first kappa shape index (κ1) is 37.5. The van der Waals surface area contributed by atoms with E-state index in [2.05, 4.69) is 244 Å². The number of aryl methyl sites for hydroxylation is 3. The molecule has 2 nitrogen and oxygen atoms in total. The first-order chi connectivity index (χ1) is 30.5. The van der Waals surface area contributed by atoms with E-state index < -0.39 is 8.07 Å². The Balaban J connectivity index is 1.17. The Morgan fingerprint density at radius 2 is 0.871 bits per heavy atom. The van der Waals surface area contributed by atoms with Crippen LogP contribution in [0.15, 0.2) is 223 Å². The molecule has 0 atom stereocenters. The lowest BCUT2D eigenvalue weighted by molar-refractivity contribution is 0.673. The van der Waals surface area contributed by atoms with Gasteiger partial charge in [0.15, 0.2) is 13.7 Å². The Kier molecular flexibility index (Phi) is 9.21. The van der Waals surface area contributed by atoms with Gasteiger partial charge in [0.2, 0.25) is 0 Å². The third-order valence-electron chi connectivity index (χ3n) is 12.8. The van der Waals surface area contributed by atoms with Gasteiger partial charge in [0.1, 0.15) is 5.58 Å². The SMILES string of the molecule is Cc1ccc([Si](c2ccc(C)cc2)(c2ccc(C)cc2)c2cccc(N(c3ccc(-c4cccc5ccccc45)cc3)c3cccc4c3oc3c5ccccc5ccc43)c2)cc1. The Bertz CT molecular complexity index is 3300. The van der Waals surface area contributed by atoms with Crippen molar-refractivity contribution in [2.24, 2.45) is 0 Å². The number of nitrogens with zero attached hydrogens (tertiary/aromatic N) is 1. The number of benzene rings is 10. The summed E-state index contributed by atoms with van der Waals surface area (Å²) in [6, 6.07) is 81.0. The minimum atomic E-state index is -2.89. The molecule has 0 N–H and O–H groups in total. The van der Waals surface area contributed by atoms with Gasteiger partial charge in [-0.25, -0.2) is 0 Å². The number of para-hydroxylation sites is 1. The zero-order chi connectivity index (χ0) is 41.8. The number of furan rings is 1. The third-order valence-corrected chi connectivity index (χ3v) is 17.6. The molecule has 296 valence electrons. The van der Waals surface area contributed by atoms with E-state index in [4.69, 9.17) is 4.42 Å². The average Bonchev–Trinajstić information content (AvgIpc) is 3.71. The van der Waals surface area contributed by atoms with Gasteiger partial charge in [-0.1, -0.05) is 199 Å². The topological polar surface area (TPSA) is 16.4 Å². The van der Waals surface area contributed by atoms with Gasteiger partial charge in [-0.15, -0.1) is 0 Å². The summed E-state index contributed by atoms with van der Waals surface area (Å²) >= 11 is 0. The molecular weight excluding hydrogens is 767 g/mol. The van der Waals surface area contributed by atoms with Crippen LogP contribution in [0.2, 0.25) is 0 Å². The molecule has 0 aliphatic rings. The van der Waals surface area contributed by atoms with Gasteiger partial charge in [-0.3, -0.25) is 0 Å². The lowest BCUT2D eigenvalue weighted by atomic mass is 9.98. The molecule has 0 spiro atoms. The fourth-order valence-corrected chi connectivity index (χ4v) is 14.4. The number of hydrogen-bond acceptors (Lipinski definition) is 2. The van der Waals surface area contributed by atoms with Crippen LogP contribution in [0.3, 0.4) is 0 Å². The Morgan fingerprint density at radius 1 is 0.355 bits per heavy atom. The van der Waals surface area contributed by atoms with Crippen LogP contribution in [-0.2, 0) is 0 Å². The van der Waals surface area contributed by atoms with Crippen molar-refractivity contribution >= 4 is 89.4 Å². The largest absolute Gasteiger partial charge is 0.453 e. The van der Waals surface area contributed by atoms with Crippen LogP contribution in [0.1, 0.15) is 16.7 Å². The molecule has 0 unspecified atom stereocenters. The molecule has 0 aliphatic carbocycles. The van der Waals surface area contributed by atoms with E-state index in [1.165, 1.54) is 64.7 Å². The van der Waals surface area contributed by atoms with E-state index in [0.29, 0.717) is 0 Å². The second kappa shape index (κ2) is 15.2. The van der Waals surface area contributed by atoms with E-state index in [0.717, 1.165) is 44.4 Å². The predicted octanol–water partition coefficient (Wildman–Crippen LogP) is 13.3. The summed E-state index contributed by atoms with van der Waals surface area (Å²) in [5, 5.41) is 12.3. The molecule has 0 aliphatic heterocycles. The van der Waals surface area contributed by atoms with Gasteiger partial charge < -0.3 is 9.32 Å². The van der Waals surface area contributed by atoms with Gasteiger partial charge in [0.05, 0.1) is 5.69 Å². The summed E-state index contributed by atoms with van der Waals surface area (Å²) in [5.74, 6) is 0. The van der Waals surface area contributed by atoms with Crippen LogP contribution in [0.25, 0.3) is 54.6 Å². The molecule has 10 aromatic carbocycles. The quantitative estimate of drug-likeness (QED) is 0.112. The summed E-state index contributed by atoms with van der Waals surface area (Å²) in [5.41, 5.74) is 11.0. The van der Waals surface area contributed by atoms with E-state index in [1.54, 1.807) is 0 Å². The highest BCUT2D eigenvalue weighted by Crippen LogP contribution is 2.44. The third kappa shape index (κ3) is 6.24. The fraction of sp³-hybridized carbons (Fsp3) is 0.0508. The summed E-state index contributed by atoms with van der Waals surface area (Å²) < 4.78 is 7.07. The molecule has 11 rings (SSSR count). The van der Waals surface area contributed by atoms with E-state index in [-0.39, 0.29) is 0 Å². The lowest BCUT2D eigenvalue weighted by Gasteiger charge is -2.36. The van der Waals surface area contributed by atoms with Crippen LogP contribution in [0, 0.1) is 20.8 Å². The minimum Gasteiger partial charge on any atom is -0.453 e. The first-order valence-corrected chi connectivity index (χ1v) is 23.5. The molecule has 0 fully saturated rings. The Morgan fingerprint density at radius 3 is 1.52 bits per heavy atom. The van der Waals surface area contributed by atoms with Crippen LogP contribution < -0.4 is 25.6 Å². The van der Waals surface area contributed by atoms with Gasteiger partial charge in [-0.2, -0.15) is 0 Å². The van der Waals surface area contributed by atoms with Crippen LogP contribution >= 0.6 is 0 Å². The van der Waals surface area contributed by atoms with Crippen LogP contribution in [0.4, 0.5) is 17.1 Å². The highest BCUT2D eigenvalue weighted by Gasteiger charge is 2.42. The molecule has 11 aromatic rings. The monoisotopic (exact) mass is 811 g/mol. The molecule has 1 heterocycles. The van der Waals surface area contributed by atoms with Crippen molar-refractivity contribution in [3.05, 3.63) is 235 Å². The molecule has 62 heavy (non-hydrogen) atoms. The maximum Gasteiger partial charge on any atom is 0.179 e. The van der Waals surface area contributed by atoms with Crippen molar-refractivity contribution in [1.29, 1.82) is 0 Å². The van der Waals surface area contributed by atoms with Gasteiger partial charge in [0, 0.05) is 27.5 Å². The zero-order valence-corrected chi connectivity index (χ0v) is 36.1. The fourth-order valence-electron chi connectivity index (χ4n) is 9.67. The number of anilines is 3. The molecule has 0 saturated heterocycles. The highest BCUT2D eigenvalue weighted by molar-refractivity contribution is 7.20. The predicted molar refractivity (Wildman–Crippen MR) is 267 cm³/mol. The Hall–Kier alpha value is -7.46. The second-order valence-corrected chi connectivity index (χ2v) is 20.5. The van der Waals surface area contributed by atoms with E-state index in [1.807, 2.05) is 0 Å². The molecule has 3 heteroatoms. The lowest BCUT2D eigenvalue weighted by Crippen LogP contribution is -2.74. The first-order valence-electron chi connectivity index (χ1n) is 21.5. The average molecular weight is 812 g/mol. The van der Waals surface area contributed by atoms with Crippen molar-refractivity contribution in [2.75, 3.05) is 4.90 Å². The molecular formula is C59H45NOSi. The van der Waals surface area contributed by atoms with Gasteiger partial charge in [-0.05, 0) is 105 Å². The van der Waals surface area contributed by atoms with Crippen molar-refractivity contribution in [3.8, 4) is 11.1 Å². The standard InChI is InChI=1S/C59H45NOSi/c1-40-21-32-48(33-22-40)62(49-34-23-41(2)24-35-49,50-36-25-42(3)26-37-50)51-15-9-14-47(39-51)60(46-30-27-45(28-31-46)53-18-8-13-43-11-4-6-16-52(43)53)57-20-10-19-55-56-38-29-44-12-5-7-17-54(44)58(56)61-59(55)57/h4-39H,1-3H3. The smallest absolute Gasteiger partial charge is 0.179 e. The molecule has 0 bridgehead atoms. The highest BCUT2D eigenvalue weighted by atomic mass is 28.3. The van der Waals surface area contributed by atoms with E-state index in [9.17, 15) is 0 Å².